The van der Waals surface area contributed by atoms with Crippen molar-refractivity contribution in [3.05, 3.63) is 45.1 Å². The molecule has 104 valence electrons. The molecule has 3 rings (SSSR count). The van der Waals surface area contributed by atoms with Gasteiger partial charge in [-0.05, 0) is 46.3 Å². The number of ether oxygens (including phenoxy) is 1. The Balaban J connectivity index is 1.68. The number of hydrogen-bond acceptors (Lipinski definition) is 4. The van der Waals surface area contributed by atoms with E-state index in [9.17, 15) is 0 Å². The molecule has 0 bridgehead atoms. The molecule has 2 aromatic rings. The first-order chi connectivity index (χ1) is 9.81. The van der Waals surface area contributed by atoms with Crippen LogP contribution in [0.3, 0.4) is 0 Å². The van der Waals surface area contributed by atoms with Gasteiger partial charge in [-0.15, -0.1) is 11.3 Å². The van der Waals surface area contributed by atoms with Crippen LogP contribution < -0.4 is 4.90 Å². The van der Waals surface area contributed by atoms with Crippen LogP contribution in [0.1, 0.15) is 4.88 Å². The average molecular weight is 351 g/mol. The largest absolute Gasteiger partial charge is 0.378 e. The summed E-state index contributed by atoms with van der Waals surface area (Å²) in [4.78, 5) is 7.99. The lowest BCUT2D eigenvalue weighted by Crippen LogP contribution is -2.36. The number of morpholine rings is 1. The number of thiophene rings is 1. The Morgan fingerprint density at radius 1 is 1.20 bits per heavy atom. The monoisotopic (exact) mass is 350 g/mol. The van der Waals surface area contributed by atoms with Gasteiger partial charge in [0.15, 0.2) is 0 Å². The summed E-state index contributed by atoms with van der Waals surface area (Å²) in [7, 11) is 0. The maximum atomic E-state index is 5.37. The molecule has 5 heteroatoms. The second-order valence-electron chi connectivity index (χ2n) is 4.54. The van der Waals surface area contributed by atoms with Gasteiger partial charge >= 0.3 is 0 Å². The highest BCUT2D eigenvalue weighted by Crippen LogP contribution is 2.22. The fraction of sp³-hybridized carbons (Fsp3) is 0.267. The minimum absolute atomic E-state index is 0.813. The van der Waals surface area contributed by atoms with E-state index in [1.165, 1.54) is 5.69 Å². The first-order valence-corrected chi connectivity index (χ1v) is 8.19. The van der Waals surface area contributed by atoms with Crippen molar-refractivity contribution in [2.45, 2.75) is 0 Å². The van der Waals surface area contributed by atoms with E-state index in [2.05, 4.69) is 61.5 Å². The fourth-order valence-corrected chi connectivity index (χ4v) is 3.41. The number of rotatable bonds is 3. The molecule has 2 heterocycles. The second-order valence-corrected chi connectivity index (χ2v) is 6.40. The number of aliphatic imine (C=N–C) groups is 1. The molecular weight excluding hydrogens is 336 g/mol. The van der Waals surface area contributed by atoms with Crippen LogP contribution in [0, 0.1) is 0 Å². The highest BCUT2D eigenvalue weighted by atomic mass is 79.9. The van der Waals surface area contributed by atoms with Crippen molar-refractivity contribution in [3.8, 4) is 0 Å². The average Bonchev–Trinajstić information content (AvgIpc) is 2.92. The van der Waals surface area contributed by atoms with Crippen molar-refractivity contribution in [1.82, 2.24) is 0 Å². The molecule has 0 aliphatic carbocycles. The lowest BCUT2D eigenvalue weighted by Gasteiger charge is -2.28. The van der Waals surface area contributed by atoms with Gasteiger partial charge in [0.2, 0.25) is 0 Å². The van der Waals surface area contributed by atoms with Crippen LogP contribution in [0.2, 0.25) is 0 Å². The molecule has 20 heavy (non-hydrogen) atoms. The molecule has 1 saturated heterocycles. The Bertz CT molecular complexity index is 588. The van der Waals surface area contributed by atoms with Gasteiger partial charge in [0, 0.05) is 39.7 Å². The number of hydrogen-bond donors (Lipinski definition) is 0. The van der Waals surface area contributed by atoms with Gasteiger partial charge in [-0.3, -0.25) is 4.99 Å². The molecule has 0 saturated carbocycles. The molecule has 0 radical (unpaired) electrons. The lowest BCUT2D eigenvalue weighted by atomic mass is 10.2. The first kappa shape index (κ1) is 13.8. The second kappa shape index (κ2) is 6.52. The SMILES string of the molecule is Brc1csc(C=Nc2ccc(N3CCOCC3)cc2)c1. The fourth-order valence-electron chi connectivity index (χ4n) is 2.11. The molecule has 1 aromatic carbocycles. The van der Waals surface area contributed by atoms with E-state index < -0.39 is 0 Å². The van der Waals surface area contributed by atoms with Crippen molar-refractivity contribution in [2.75, 3.05) is 31.2 Å². The van der Waals surface area contributed by atoms with Crippen molar-refractivity contribution in [2.24, 2.45) is 4.99 Å². The number of halogens is 1. The third-order valence-electron chi connectivity index (χ3n) is 3.15. The Kier molecular flexibility index (Phi) is 4.50. The predicted octanol–water partition coefficient (Wildman–Crippen LogP) is 4.10. The highest BCUT2D eigenvalue weighted by molar-refractivity contribution is 9.10. The summed E-state index contributed by atoms with van der Waals surface area (Å²) in [6.45, 7) is 3.55. The van der Waals surface area contributed by atoms with Gasteiger partial charge < -0.3 is 9.64 Å². The van der Waals surface area contributed by atoms with Crippen molar-refractivity contribution in [1.29, 1.82) is 0 Å². The molecule has 0 unspecified atom stereocenters. The maximum Gasteiger partial charge on any atom is 0.0642 e. The van der Waals surface area contributed by atoms with Gasteiger partial charge in [0.1, 0.15) is 0 Å². The Morgan fingerprint density at radius 2 is 1.95 bits per heavy atom. The molecule has 3 nitrogen and oxygen atoms in total. The lowest BCUT2D eigenvalue weighted by molar-refractivity contribution is 0.122. The van der Waals surface area contributed by atoms with Crippen LogP contribution in [-0.2, 0) is 4.74 Å². The van der Waals surface area contributed by atoms with Gasteiger partial charge in [0.25, 0.3) is 0 Å². The minimum atomic E-state index is 0.813. The normalized spacial score (nSPS) is 15.9. The molecule has 0 N–H and O–H groups in total. The zero-order valence-corrected chi connectivity index (χ0v) is 13.4. The van der Waals surface area contributed by atoms with Gasteiger partial charge in [0.05, 0.1) is 18.9 Å². The van der Waals surface area contributed by atoms with Crippen molar-refractivity contribution in [3.63, 3.8) is 0 Å². The minimum Gasteiger partial charge on any atom is -0.378 e. The number of nitrogens with zero attached hydrogens (tertiary/aromatic N) is 2. The molecule has 1 fully saturated rings. The van der Waals surface area contributed by atoms with E-state index in [1.807, 2.05) is 6.21 Å². The van der Waals surface area contributed by atoms with Gasteiger partial charge in [-0.2, -0.15) is 0 Å². The molecule has 1 aromatic heterocycles. The summed E-state index contributed by atoms with van der Waals surface area (Å²) in [5.41, 5.74) is 2.22. The van der Waals surface area contributed by atoms with Crippen LogP contribution in [0.4, 0.5) is 11.4 Å². The van der Waals surface area contributed by atoms with Crippen LogP contribution in [0.25, 0.3) is 0 Å². The summed E-state index contributed by atoms with van der Waals surface area (Å²) in [5.74, 6) is 0. The topological polar surface area (TPSA) is 24.8 Å². The van der Waals surface area contributed by atoms with E-state index in [0.29, 0.717) is 0 Å². The number of anilines is 1. The van der Waals surface area contributed by atoms with Crippen LogP contribution in [-0.4, -0.2) is 32.5 Å². The van der Waals surface area contributed by atoms with E-state index in [1.54, 1.807) is 11.3 Å². The molecule has 1 aliphatic heterocycles. The quantitative estimate of drug-likeness (QED) is 0.778. The van der Waals surface area contributed by atoms with Gasteiger partial charge in [-0.1, -0.05) is 0 Å². The Morgan fingerprint density at radius 3 is 2.60 bits per heavy atom. The van der Waals surface area contributed by atoms with Crippen LogP contribution >= 0.6 is 27.3 Å². The summed E-state index contributed by atoms with van der Waals surface area (Å²) in [6.07, 6.45) is 1.90. The Hall–Kier alpha value is -1.17. The highest BCUT2D eigenvalue weighted by Gasteiger charge is 2.10. The summed E-state index contributed by atoms with van der Waals surface area (Å²) in [6, 6.07) is 10.4. The summed E-state index contributed by atoms with van der Waals surface area (Å²) < 4.78 is 6.47. The predicted molar refractivity (Wildman–Crippen MR) is 88.7 cm³/mol. The smallest absolute Gasteiger partial charge is 0.0642 e. The van der Waals surface area contributed by atoms with E-state index in [0.717, 1.165) is 41.3 Å². The maximum absolute atomic E-state index is 5.37. The molecule has 0 amide bonds. The van der Waals surface area contributed by atoms with Gasteiger partial charge in [-0.25, -0.2) is 0 Å². The zero-order valence-electron chi connectivity index (χ0n) is 11.0. The van der Waals surface area contributed by atoms with E-state index in [-0.39, 0.29) is 0 Å². The van der Waals surface area contributed by atoms with Crippen LogP contribution in [0.15, 0.2) is 45.2 Å². The van der Waals surface area contributed by atoms with Crippen LogP contribution in [0.5, 0.6) is 0 Å². The van der Waals surface area contributed by atoms with E-state index in [4.69, 9.17) is 4.74 Å². The Labute approximate surface area is 131 Å². The van der Waals surface area contributed by atoms with E-state index >= 15 is 0 Å². The van der Waals surface area contributed by atoms with Crippen molar-refractivity contribution < 1.29 is 4.74 Å². The standard InChI is InChI=1S/C15H15BrN2OS/c16-12-9-15(20-11-12)10-17-13-1-3-14(4-2-13)18-5-7-19-8-6-18/h1-4,9-11H,5-8H2. The first-order valence-electron chi connectivity index (χ1n) is 6.52. The third kappa shape index (κ3) is 3.48. The molecular formula is C15H15BrN2OS. The summed E-state index contributed by atoms with van der Waals surface area (Å²) in [5, 5.41) is 2.06. The molecule has 0 spiro atoms. The molecule has 1 aliphatic rings. The third-order valence-corrected chi connectivity index (χ3v) is 4.78. The summed E-state index contributed by atoms with van der Waals surface area (Å²) >= 11 is 5.12. The zero-order chi connectivity index (χ0) is 13.8. The number of benzene rings is 1. The molecule has 0 atom stereocenters. The van der Waals surface area contributed by atoms with Crippen molar-refractivity contribution >= 4 is 44.9 Å².